The van der Waals surface area contributed by atoms with Gasteiger partial charge in [-0.05, 0) is 104 Å². The molecule has 3 heterocycles. The van der Waals surface area contributed by atoms with E-state index in [1.807, 2.05) is 0 Å². The van der Waals surface area contributed by atoms with Crippen LogP contribution < -0.4 is 14.7 Å². The summed E-state index contributed by atoms with van der Waals surface area (Å²) in [4.78, 5) is 7.48. The molecule has 0 unspecified atom stereocenters. The van der Waals surface area contributed by atoms with E-state index in [-0.39, 0.29) is 21.7 Å². The molecule has 0 atom stereocenters. The summed E-state index contributed by atoms with van der Waals surface area (Å²) < 4.78 is 7.60. The molecule has 8 aromatic rings. The molecule has 0 bridgehead atoms. The molecule has 2 aliphatic heterocycles. The third-order valence-corrected chi connectivity index (χ3v) is 14.6. The first-order valence-electron chi connectivity index (χ1n) is 22.3. The Labute approximate surface area is 366 Å². The first kappa shape index (κ1) is 37.3. The molecule has 62 heavy (non-hydrogen) atoms. The molecular weight excluding hydrogens is 755 g/mol. The minimum absolute atomic E-state index is 0.0233. The number of anilines is 9. The molecule has 1 aromatic heterocycles. The fourth-order valence-electron chi connectivity index (χ4n) is 11.3. The molecule has 0 N–H and O–H groups in total. The maximum absolute atomic E-state index is 7.60. The minimum atomic E-state index is -0.158. The first-order valence-corrected chi connectivity index (χ1v) is 22.3. The van der Waals surface area contributed by atoms with Gasteiger partial charge in [0.05, 0.1) is 34.1 Å². The number of benzene rings is 7. The molecule has 0 saturated carbocycles. The highest BCUT2D eigenvalue weighted by atomic mass is 16.4. The first-order chi connectivity index (χ1) is 29.6. The van der Waals surface area contributed by atoms with Crippen LogP contribution >= 0.6 is 0 Å². The summed E-state index contributed by atoms with van der Waals surface area (Å²) >= 11 is 0. The number of hydrogen-bond acceptors (Lipinski definition) is 4. The number of para-hydroxylation sites is 1. The predicted octanol–water partition coefficient (Wildman–Crippen LogP) is 16.7. The average molecular weight is 808 g/mol. The topological polar surface area (TPSA) is 22.9 Å². The van der Waals surface area contributed by atoms with E-state index >= 15 is 0 Å². The van der Waals surface area contributed by atoms with Gasteiger partial charge in [-0.2, -0.15) is 0 Å². The van der Waals surface area contributed by atoms with Gasteiger partial charge in [-0.3, -0.25) is 4.90 Å². The van der Waals surface area contributed by atoms with Crippen molar-refractivity contribution < 1.29 is 4.42 Å². The molecule has 12 rings (SSSR count). The highest BCUT2D eigenvalue weighted by Crippen LogP contribution is 2.67. The zero-order chi connectivity index (χ0) is 42.8. The van der Waals surface area contributed by atoms with Gasteiger partial charge < -0.3 is 14.2 Å². The molecule has 0 fully saturated rings. The van der Waals surface area contributed by atoms with Gasteiger partial charge in [0.1, 0.15) is 11.3 Å². The Kier molecular flexibility index (Phi) is 7.27. The molecule has 4 heteroatoms. The van der Waals surface area contributed by atoms with Crippen LogP contribution in [0.25, 0.3) is 33.2 Å². The zero-order valence-electron chi connectivity index (χ0n) is 37.5. The van der Waals surface area contributed by atoms with Crippen molar-refractivity contribution in [2.24, 2.45) is 0 Å². The largest absolute Gasteiger partial charge is 0.437 e. The van der Waals surface area contributed by atoms with Gasteiger partial charge in [-0.25, -0.2) is 0 Å². The van der Waals surface area contributed by atoms with E-state index < -0.39 is 0 Å². The van der Waals surface area contributed by atoms with Crippen molar-refractivity contribution in [1.82, 2.24) is 0 Å². The van der Waals surface area contributed by atoms with Crippen LogP contribution in [-0.4, -0.2) is 0 Å². The van der Waals surface area contributed by atoms with E-state index in [9.17, 15) is 0 Å². The van der Waals surface area contributed by atoms with Crippen LogP contribution in [0.3, 0.4) is 0 Å². The van der Waals surface area contributed by atoms with Crippen molar-refractivity contribution in [3.63, 3.8) is 0 Å². The van der Waals surface area contributed by atoms with Crippen molar-refractivity contribution in [3.8, 4) is 22.3 Å². The lowest BCUT2D eigenvalue weighted by Crippen LogP contribution is -2.30. The highest BCUT2D eigenvalue weighted by Gasteiger charge is 2.46. The van der Waals surface area contributed by atoms with Crippen molar-refractivity contribution in [3.05, 3.63) is 173 Å². The second kappa shape index (κ2) is 12.1. The molecule has 0 saturated heterocycles. The molecule has 0 spiro atoms. The van der Waals surface area contributed by atoms with E-state index in [0.717, 1.165) is 56.7 Å². The monoisotopic (exact) mass is 807 g/mol. The number of fused-ring (bicyclic) bond motifs is 13. The number of nitrogens with zero attached hydrogens (tertiary/aromatic N) is 3. The Morgan fingerprint density at radius 3 is 1.63 bits per heavy atom. The minimum Gasteiger partial charge on any atom is -0.437 e. The summed E-state index contributed by atoms with van der Waals surface area (Å²) in [5.41, 5.74) is 22.5. The molecule has 0 amide bonds. The van der Waals surface area contributed by atoms with Crippen molar-refractivity contribution in [2.45, 2.75) is 90.9 Å². The molecule has 7 aromatic carbocycles. The van der Waals surface area contributed by atoms with Gasteiger partial charge in [0, 0.05) is 33.0 Å². The van der Waals surface area contributed by atoms with Gasteiger partial charge in [-0.1, -0.05) is 160 Å². The quantitative estimate of drug-likeness (QED) is 0.174. The van der Waals surface area contributed by atoms with Crippen LogP contribution in [-0.2, 0) is 21.7 Å². The van der Waals surface area contributed by atoms with Crippen molar-refractivity contribution in [1.29, 1.82) is 0 Å². The van der Waals surface area contributed by atoms with E-state index in [0.29, 0.717) is 0 Å². The average Bonchev–Trinajstić information content (AvgIpc) is 3.83. The summed E-state index contributed by atoms with van der Waals surface area (Å²) in [5.74, 6) is 0.840. The summed E-state index contributed by atoms with van der Waals surface area (Å²) in [6, 6.07) is 52.7. The Balaban J connectivity index is 1.20. The maximum atomic E-state index is 7.60. The lowest BCUT2D eigenvalue weighted by atomic mass is 9.82. The van der Waals surface area contributed by atoms with Crippen LogP contribution in [0.15, 0.2) is 144 Å². The zero-order valence-corrected chi connectivity index (χ0v) is 37.5. The molecule has 0 radical (unpaired) electrons. The normalized spacial score (nSPS) is 16.1. The Morgan fingerprint density at radius 1 is 0.419 bits per heavy atom. The van der Waals surface area contributed by atoms with E-state index in [1.54, 1.807) is 0 Å². The van der Waals surface area contributed by atoms with E-state index in [1.165, 1.54) is 61.3 Å². The van der Waals surface area contributed by atoms with Gasteiger partial charge in [0.25, 0.3) is 0 Å². The van der Waals surface area contributed by atoms with Gasteiger partial charge in [0.15, 0.2) is 0 Å². The molecule has 4 aliphatic rings. The predicted molar refractivity (Wildman–Crippen MR) is 260 cm³/mol. The van der Waals surface area contributed by atoms with Crippen LogP contribution in [0.2, 0.25) is 0 Å². The SMILES string of the molecule is CC(C)(C)c1ccc(N2c3cccc4c3N(c3cc(C(C)(C)C)ccc3N4c3cccc4c3-c3ccccc3C4(C)C)c3oc4c5c(ccc4c32)C(C)(C)c2ccccc2-5)cc1. The van der Waals surface area contributed by atoms with Crippen LogP contribution in [0.5, 0.6) is 0 Å². The standard InChI is InChI=1S/C58H53N3O/c1-55(2,3)34-25-28-36(29-26-34)59-46-23-16-24-47-52(46)61(54-51(59)39-30-31-43-50(53(39)62-54)38-18-12-14-20-41(38)58(43,9)10)48-33-35(56(4,5)6)27-32-44(48)60(47)45-22-15-21-42-49(45)37-17-11-13-19-40(37)57(42,7)8/h11-33H,1-10H3. The van der Waals surface area contributed by atoms with Crippen LogP contribution in [0, 0.1) is 0 Å². The fourth-order valence-corrected chi connectivity index (χ4v) is 11.3. The van der Waals surface area contributed by atoms with Gasteiger partial charge >= 0.3 is 0 Å². The van der Waals surface area contributed by atoms with Gasteiger partial charge in [-0.15, -0.1) is 0 Å². The van der Waals surface area contributed by atoms with E-state index in [4.69, 9.17) is 4.42 Å². The molecule has 4 nitrogen and oxygen atoms in total. The molecule has 2 aliphatic carbocycles. The maximum Gasteiger partial charge on any atom is 0.230 e. The summed E-state index contributed by atoms with van der Waals surface area (Å²) in [5, 5.41) is 1.11. The van der Waals surface area contributed by atoms with Crippen LogP contribution in [0.4, 0.5) is 51.4 Å². The Bertz CT molecular complexity index is 3220. The third-order valence-electron chi connectivity index (χ3n) is 14.6. The van der Waals surface area contributed by atoms with E-state index in [2.05, 4.69) is 223 Å². The summed E-state index contributed by atoms with van der Waals surface area (Å²) in [7, 11) is 0. The van der Waals surface area contributed by atoms with Gasteiger partial charge in [0.2, 0.25) is 5.88 Å². The Hall–Kier alpha value is -6.52. The Morgan fingerprint density at radius 2 is 0.968 bits per heavy atom. The number of furan rings is 1. The third kappa shape index (κ3) is 4.78. The second-order valence-electron chi connectivity index (χ2n) is 21.1. The second-order valence-corrected chi connectivity index (χ2v) is 21.1. The lowest BCUT2D eigenvalue weighted by Gasteiger charge is -2.45. The molecule has 306 valence electrons. The fraction of sp³-hybridized carbons (Fsp3) is 0.241. The lowest BCUT2D eigenvalue weighted by molar-refractivity contribution is 0.589. The summed E-state index contributed by atoms with van der Waals surface area (Å²) in [6.45, 7) is 23.2. The molecular formula is C58H53N3O. The van der Waals surface area contributed by atoms with Crippen LogP contribution in [0.1, 0.15) is 103 Å². The number of rotatable bonds is 2. The highest BCUT2D eigenvalue weighted by molar-refractivity contribution is 6.19. The number of hydrogen-bond donors (Lipinski definition) is 0. The van der Waals surface area contributed by atoms with Crippen molar-refractivity contribution >= 4 is 62.4 Å². The smallest absolute Gasteiger partial charge is 0.230 e. The van der Waals surface area contributed by atoms with Crippen molar-refractivity contribution in [2.75, 3.05) is 14.7 Å². The summed E-state index contributed by atoms with van der Waals surface area (Å²) in [6.07, 6.45) is 0.